The van der Waals surface area contributed by atoms with Crippen LogP contribution in [0.4, 0.5) is 8.78 Å². The van der Waals surface area contributed by atoms with Crippen LogP contribution in [-0.4, -0.2) is 5.78 Å². The van der Waals surface area contributed by atoms with Gasteiger partial charge in [-0.1, -0.05) is 13.3 Å². The molecule has 0 amide bonds. The van der Waals surface area contributed by atoms with E-state index < -0.39 is 11.6 Å². The molecule has 0 aliphatic heterocycles. The third-order valence-corrected chi connectivity index (χ3v) is 3.94. The number of carbonyl (C=O) groups is 1. The number of benzene rings is 1. The highest BCUT2D eigenvalue weighted by Crippen LogP contribution is 2.32. The molecule has 0 spiro atoms. The molecule has 1 aromatic carbocycles. The summed E-state index contributed by atoms with van der Waals surface area (Å²) in [6.07, 6.45) is 4.93. The number of rotatable bonds is 3. The summed E-state index contributed by atoms with van der Waals surface area (Å²) in [4.78, 5) is 12.2. The van der Waals surface area contributed by atoms with Gasteiger partial charge in [-0.15, -0.1) is 0 Å². The van der Waals surface area contributed by atoms with Crippen molar-refractivity contribution in [1.29, 1.82) is 0 Å². The normalized spacial score (nSPS) is 23.9. The van der Waals surface area contributed by atoms with E-state index in [2.05, 4.69) is 6.92 Å². The zero-order valence-corrected chi connectivity index (χ0v) is 10.6. The fourth-order valence-electron chi connectivity index (χ4n) is 2.76. The minimum absolute atomic E-state index is 0.0611. The van der Waals surface area contributed by atoms with Crippen molar-refractivity contribution in [2.45, 2.75) is 39.0 Å². The van der Waals surface area contributed by atoms with Crippen LogP contribution < -0.4 is 0 Å². The molecule has 0 saturated heterocycles. The van der Waals surface area contributed by atoms with E-state index in [0.717, 1.165) is 50.3 Å². The van der Waals surface area contributed by atoms with Crippen molar-refractivity contribution in [3.05, 3.63) is 35.4 Å². The first kappa shape index (κ1) is 13.2. The van der Waals surface area contributed by atoms with E-state index in [1.54, 1.807) is 0 Å². The molecule has 1 aromatic rings. The van der Waals surface area contributed by atoms with Gasteiger partial charge < -0.3 is 0 Å². The maximum absolute atomic E-state index is 13.1. The van der Waals surface area contributed by atoms with Crippen LogP contribution >= 0.6 is 0 Å². The van der Waals surface area contributed by atoms with Gasteiger partial charge in [-0.25, -0.2) is 8.78 Å². The molecule has 1 aliphatic rings. The number of carbonyl (C=O) groups excluding carboxylic acids is 1. The van der Waals surface area contributed by atoms with Crippen molar-refractivity contribution in [1.82, 2.24) is 0 Å². The van der Waals surface area contributed by atoms with Crippen LogP contribution in [0, 0.1) is 23.5 Å². The first-order valence-corrected chi connectivity index (χ1v) is 6.60. The van der Waals surface area contributed by atoms with E-state index >= 15 is 0 Å². The summed E-state index contributed by atoms with van der Waals surface area (Å²) in [5, 5.41) is 0. The van der Waals surface area contributed by atoms with Crippen LogP contribution in [0.15, 0.2) is 18.2 Å². The molecule has 0 heterocycles. The van der Waals surface area contributed by atoms with Crippen molar-refractivity contribution in [2.75, 3.05) is 0 Å². The summed E-state index contributed by atoms with van der Waals surface area (Å²) in [7, 11) is 0. The quantitative estimate of drug-likeness (QED) is 0.730. The van der Waals surface area contributed by atoms with E-state index in [0.29, 0.717) is 5.92 Å². The zero-order valence-electron chi connectivity index (χ0n) is 10.6. The highest BCUT2D eigenvalue weighted by molar-refractivity contribution is 5.97. The number of hydrogen-bond donors (Lipinski definition) is 0. The number of ketones is 1. The monoisotopic (exact) mass is 252 g/mol. The van der Waals surface area contributed by atoms with Gasteiger partial charge in [-0.3, -0.25) is 4.79 Å². The van der Waals surface area contributed by atoms with Gasteiger partial charge in [0.15, 0.2) is 5.78 Å². The number of halogens is 2. The summed E-state index contributed by atoms with van der Waals surface area (Å²) in [6, 6.07) is 3.07. The van der Waals surface area contributed by atoms with Crippen molar-refractivity contribution >= 4 is 5.78 Å². The van der Waals surface area contributed by atoms with Gasteiger partial charge in [0.25, 0.3) is 0 Å². The first-order chi connectivity index (χ1) is 8.60. The van der Waals surface area contributed by atoms with E-state index in [1.807, 2.05) is 0 Å². The third kappa shape index (κ3) is 2.95. The lowest BCUT2D eigenvalue weighted by Crippen LogP contribution is -2.22. The molecule has 1 saturated carbocycles. The Hall–Kier alpha value is -1.25. The standard InChI is InChI=1S/C15H18F2O/c1-2-10-3-5-11(6-4-10)15(18)12-7-13(16)9-14(17)8-12/h7-11H,2-6H2,1H3. The summed E-state index contributed by atoms with van der Waals surface area (Å²) < 4.78 is 26.2. The summed E-state index contributed by atoms with van der Waals surface area (Å²) in [5.41, 5.74) is 0.174. The summed E-state index contributed by atoms with van der Waals surface area (Å²) in [6.45, 7) is 2.16. The number of hydrogen-bond acceptors (Lipinski definition) is 1. The van der Waals surface area contributed by atoms with Crippen molar-refractivity contribution in [2.24, 2.45) is 11.8 Å². The van der Waals surface area contributed by atoms with E-state index in [9.17, 15) is 13.6 Å². The van der Waals surface area contributed by atoms with Crippen molar-refractivity contribution < 1.29 is 13.6 Å². The van der Waals surface area contributed by atoms with Gasteiger partial charge in [0.1, 0.15) is 11.6 Å². The molecule has 3 heteroatoms. The predicted molar refractivity (Wildman–Crippen MR) is 66.4 cm³/mol. The Morgan fingerprint density at radius 2 is 1.67 bits per heavy atom. The predicted octanol–water partition coefficient (Wildman–Crippen LogP) is 4.36. The van der Waals surface area contributed by atoms with Gasteiger partial charge in [-0.2, -0.15) is 0 Å². The molecule has 1 aliphatic carbocycles. The molecule has 0 radical (unpaired) electrons. The Morgan fingerprint density at radius 3 is 2.17 bits per heavy atom. The summed E-state index contributed by atoms with van der Waals surface area (Å²) >= 11 is 0. The topological polar surface area (TPSA) is 17.1 Å². The Bertz CT molecular complexity index is 414. The third-order valence-electron chi connectivity index (χ3n) is 3.94. The molecule has 0 unspecified atom stereocenters. The van der Waals surface area contributed by atoms with Crippen LogP contribution in [0.25, 0.3) is 0 Å². The van der Waals surface area contributed by atoms with E-state index in [1.165, 1.54) is 0 Å². The van der Waals surface area contributed by atoms with Crippen LogP contribution in [0.2, 0.25) is 0 Å². The molecule has 0 atom stereocenters. The van der Waals surface area contributed by atoms with Crippen LogP contribution in [0.3, 0.4) is 0 Å². The van der Waals surface area contributed by atoms with Crippen molar-refractivity contribution in [3.8, 4) is 0 Å². The molecule has 0 N–H and O–H groups in total. The van der Waals surface area contributed by atoms with Gasteiger partial charge in [0.2, 0.25) is 0 Å². The van der Waals surface area contributed by atoms with E-state index in [4.69, 9.17) is 0 Å². The molecule has 18 heavy (non-hydrogen) atoms. The second kappa shape index (κ2) is 5.59. The second-order valence-corrected chi connectivity index (χ2v) is 5.15. The highest BCUT2D eigenvalue weighted by atomic mass is 19.1. The SMILES string of the molecule is CCC1CCC(C(=O)c2cc(F)cc(F)c2)CC1. The maximum atomic E-state index is 13.1. The molecular weight excluding hydrogens is 234 g/mol. The van der Waals surface area contributed by atoms with Crippen LogP contribution in [0.1, 0.15) is 49.4 Å². The van der Waals surface area contributed by atoms with Gasteiger partial charge in [0, 0.05) is 17.5 Å². The maximum Gasteiger partial charge on any atom is 0.166 e. The number of Topliss-reactive ketones (excluding diaryl/α,β-unsaturated/α-hetero) is 1. The van der Waals surface area contributed by atoms with Crippen molar-refractivity contribution in [3.63, 3.8) is 0 Å². The molecule has 0 aromatic heterocycles. The zero-order chi connectivity index (χ0) is 13.1. The smallest absolute Gasteiger partial charge is 0.166 e. The summed E-state index contributed by atoms with van der Waals surface area (Å²) in [5.74, 6) is -0.823. The Morgan fingerprint density at radius 1 is 1.11 bits per heavy atom. The fraction of sp³-hybridized carbons (Fsp3) is 0.533. The van der Waals surface area contributed by atoms with Gasteiger partial charge >= 0.3 is 0 Å². The largest absolute Gasteiger partial charge is 0.294 e. The average molecular weight is 252 g/mol. The highest BCUT2D eigenvalue weighted by Gasteiger charge is 2.26. The molecule has 98 valence electrons. The van der Waals surface area contributed by atoms with Crippen LogP contribution in [0.5, 0.6) is 0 Å². The Kier molecular flexibility index (Phi) is 4.10. The lowest BCUT2D eigenvalue weighted by Gasteiger charge is -2.26. The minimum Gasteiger partial charge on any atom is -0.294 e. The Labute approximate surface area is 106 Å². The average Bonchev–Trinajstić information content (AvgIpc) is 2.37. The molecular formula is C15H18F2O. The minimum atomic E-state index is -0.680. The first-order valence-electron chi connectivity index (χ1n) is 6.60. The van der Waals surface area contributed by atoms with Gasteiger partial charge in [0.05, 0.1) is 0 Å². The second-order valence-electron chi connectivity index (χ2n) is 5.15. The van der Waals surface area contributed by atoms with Gasteiger partial charge in [-0.05, 0) is 43.7 Å². The van der Waals surface area contributed by atoms with E-state index in [-0.39, 0.29) is 17.3 Å². The molecule has 0 bridgehead atoms. The Balaban J connectivity index is 2.07. The lowest BCUT2D eigenvalue weighted by atomic mass is 9.78. The fourth-order valence-corrected chi connectivity index (χ4v) is 2.76. The molecule has 1 fully saturated rings. The lowest BCUT2D eigenvalue weighted by molar-refractivity contribution is 0.0870. The molecule has 1 nitrogen and oxygen atoms in total. The van der Waals surface area contributed by atoms with Crippen LogP contribution in [-0.2, 0) is 0 Å². The molecule has 2 rings (SSSR count).